The lowest BCUT2D eigenvalue weighted by molar-refractivity contribution is 0.0696. The van der Waals surface area contributed by atoms with E-state index in [1.807, 2.05) is 42.2 Å². The number of morpholine rings is 1. The molecule has 3 rings (SSSR count). The van der Waals surface area contributed by atoms with Crippen LogP contribution in [0, 0.1) is 6.92 Å². The maximum atomic E-state index is 12.0. The van der Waals surface area contributed by atoms with E-state index in [-0.39, 0.29) is 5.56 Å². The standard InChI is InChI=1S/C18H20N2O4/c1-12-10-15(13-4-3-5-14(11-13)23-2)16(18(21)22)17(19-12)20-6-8-24-9-7-20/h3-5,10-11H,6-9H2,1-2H3,(H,21,22). The molecule has 1 aliphatic rings. The maximum absolute atomic E-state index is 12.0. The Balaban J connectivity index is 2.17. The quantitative estimate of drug-likeness (QED) is 0.930. The number of benzene rings is 1. The van der Waals surface area contributed by atoms with Gasteiger partial charge < -0.3 is 19.5 Å². The molecule has 6 heteroatoms. The molecule has 1 aromatic heterocycles. The summed E-state index contributed by atoms with van der Waals surface area (Å²) in [5, 5.41) is 9.83. The molecule has 0 amide bonds. The van der Waals surface area contributed by atoms with E-state index >= 15 is 0 Å². The molecule has 0 aliphatic carbocycles. The Morgan fingerprint density at radius 3 is 2.71 bits per heavy atom. The lowest BCUT2D eigenvalue weighted by Gasteiger charge is -2.29. The lowest BCUT2D eigenvalue weighted by Crippen LogP contribution is -2.38. The Hall–Kier alpha value is -2.60. The van der Waals surface area contributed by atoms with Gasteiger partial charge in [-0.2, -0.15) is 0 Å². The molecular weight excluding hydrogens is 308 g/mol. The lowest BCUT2D eigenvalue weighted by atomic mass is 9.99. The number of aromatic nitrogens is 1. The first kappa shape index (κ1) is 16.3. The third-order valence-electron chi connectivity index (χ3n) is 4.03. The van der Waals surface area contributed by atoms with Gasteiger partial charge in [0.1, 0.15) is 17.1 Å². The van der Waals surface area contributed by atoms with Crippen molar-refractivity contribution >= 4 is 11.8 Å². The van der Waals surface area contributed by atoms with Gasteiger partial charge in [0, 0.05) is 24.3 Å². The molecule has 0 unspecified atom stereocenters. The van der Waals surface area contributed by atoms with Gasteiger partial charge in [0.2, 0.25) is 0 Å². The fourth-order valence-corrected chi connectivity index (χ4v) is 2.89. The molecule has 1 N–H and O–H groups in total. The smallest absolute Gasteiger partial charge is 0.340 e. The Kier molecular flexibility index (Phi) is 4.66. The molecule has 1 fully saturated rings. The van der Waals surface area contributed by atoms with Crippen molar-refractivity contribution in [2.24, 2.45) is 0 Å². The number of carboxylic acid groups (broad SMARTS) is 1. The van der Waals surface area contributed by atoms with Crippen molar-refractivity contribution in [1.29, 1.82) is 0 Å². The van der Waals surface area contributed by atoms with Gasteiger partial charge in [-0.1, -0.05) is 12.1 Å². The second-order valence-corrected chi connectivity index (χ2v) is 5.65. The molecule has 0 saturated carbocycles. The molecule has 2 heterocycles. The van der Waals surface area contributed by atoms with Gasteiger partial charge in [-0.25, -0.2) is 9.78 Å². The third-order valence-corrected chi connectivity index (χ3v) is 4.03. The van der Waals surface area contributed by atoms with Crippen LogP contribution in [0.3, 0.4) is 0 Å². The molecule has 0 atom stereocenters. The summed E-state index contributed by atoms with van der Waals surface area (Å²) in [5.41, 5.74) is 2.44. The summed E-state index contributed by atoms with van der Waals surface area (Å²) in [7, 11) is 1.59. The van der Waals surface area contributed by atoms with E-state index in [0.717, 1.165) is 11.3 Å². The van der Waals surface area contributed by atoms with E-state index in [9.17, 15) is 9.90 Å². The van der Waals surface area contributed by atoms with Crippen LogP contribution in [0.1, 0.15) is 16.1 Å². The Labute approximate surface area is 140 Å². The highest BCUT2D eigenvalue weighted by Crippen LogP contribution is 2.33. The van der Waals surface area contributed by atoms with Crippen molar-refractivity contribution in [2.75, 3.05) is 38.3 Å². The minimum absolute atomic E-state index is 0.218. The first-order valence-electron chi connectivity index (χ1n) is 7.82. The van der Waals surface area contributed by atoms with Crippen molar-refractivity contribution in [3.63, 3.8) is 0 Å². The van der Waals surface area contributed by atoms with E-state index in [0.29, 0.717) is 43.4 Å². The van der Waals surface area contributed by atoms with Gasteiger partial charge in [-0.05, 0) is 30.7 Å². The number of aromatic carboxylic acids is 1. The van der Waals surface area contributed by atoms with Gasteiger partial charge in [-0.15, -0.1) is 0 Å². The van der Waals surface area contributed by atoms with Gasteiger partial charge in [-0.3, -0.25) is 0 Å². The summed E-state index contributed by atoms with van der Waals surface area (Å²) in [6, 6.07) is 9.21. The number of carbonyl (C=O) groups is 1. The molecule has 6 nitrogen and oxygen atoms in total. The zero-order chi connectivity index (χ0) is 17.1. The van der Waals surface area contributed by atoms with Gasteiger partial charge >= 0.3 is 5.97 Å². The molecule has 2 aromatic rings. The van der Waals surface area contributed by atoms with E-state index in [1.165, 1.54) is 0 Å². The zero-order valence-electron chi connectivity index (χ0n) is 13.8. The SMILES string of the molecule is COc1cccc(-c2cc(C)nc(N3CCOCC3)c2C(=O)O)c1. The van der Waals surface area contributed by atoms with Crippen molar-refractivity contribution < 1.29 is 19.4 Å². The highest BCUT2D eigenvalue weighted by atomic mass is 16.5. The summed E-state index contributed by atoms with van der Waals surface area (Å²) in [6.45, 7) is 4.29. The molecule has 0 radical (unpaired) electrons. The molecule has 126 valence electrons. The van der Waals surface area contributed by atoms with Gasteiger partial charge in [0.25, 0.3) is 0 Å². The first-order valence-corrected chi connectivity index (χ1v) is 7.82. The average Bonchev–Trinajstić information content (AvgIpc) is 2.61. The number of rotatable bonds is 4. The number of hydrogen-bond acceptors (Lipinski definition) is 5. The van der Waals surface area contributed by atoms with Crippen LogP contribution in [0.25, 0.3) is 11.1 Å². The van der Waals surface area contributed by atoms with Crippen LogP contribution in [-0.2, 0) is 4.74 Å². The van der Waals surface area contributed by atoms with Crippen LogP contribution in [0.5, 0.6) is 5.75 Å². The van der Waals surface area contributed by atoms with Crippen molar-refractivity contribution in [3.05, 3.63) is 41.6 Å². The number of pyridine rings is 1. The summed E-state index contributed by atoms with van der Waals surface area (Å²) in [6.07, 6.45) is 0. The van der Waals surface area contributed by atoms with E-state index in [2.05, 4.69) is 4.98 Å². The largest absolute Gasteiger partial charge is 0.497 e. The van der Waals surface area contributed by atoms with Crippen LogP contribution in [0.4, 0.5) is 5.82 Å². The van der Waals surface area contributed by atoms with E-state index < -0.39 is 5.97 Å². The summed E-state index contributed by atoms with van der Waals surface area (Å²) >= 11 is 0. The minimum Gasteiger partial charge on any atom is -0.497 e. The number of methoxy groups -OCH3 is 1. The number of anilines is 1. The average molecular weight is 328 g/mol. The van der Waals surface area contributed by atoms with Crippen LogP contribution in [0.15, 0.2) is 30.3 Å². The molecule has 1 aliphatic heterocycles. The van der Waals surface area contributed by atoms with Gasteiger partial charge in [0.05, 0.1) is 20.3 Å². The Morgan fingerprint density at radius 2 is 2.04 bits per heavy atom. The van der Waals surface area contributed by atoms with Crippen LogP contribution in [-0.4, -0.2) is 49.5 Å². The number of carboxylic acids is 1. The Morgan fingerprint density at radius 1 is 1.29 bits per heavy atom. The van der Waals surface area contributed by atoms with E-state index in [4.69, 9.17) is 9.47 Å². The third kappa shape index (κ3) is 3.19. The predicted molar refractivity (Wildman–Crippen MR) is 91.0 cm³/mol. The molecular formula is C18H20N2O4. The highest BCUT2D eigenvalue weighted by Gasteiger charge is 2.24. The zero-order valence-corrected chi connectivity index (χ0v) is 13.8. The summed E-state index contributed by atoms with van der Waals surface area (Å²) in [4.78, 5) is 18.5. The molecule has 0 spiro atoms. The number of ether oxygens (including phenoxy) is 2. The Bertz CT molecular complexity index is 755. The number of aryl methyl sites for hydroxylation is 1. The highest BCUT2D eigenvalue weighted by molar-refractivity contribution is 6.01. The van der Waals surface area contributed by atoms with Crippen LogP contribution < -0.4 is 9.64 Å². The monoisotopic (exact) mass is 328 g/mol. The van der Waals surface area contributed by atoms with Crippen molar-refractivity contribution in [1.82, 2.24) is 4.98 Å². The fourth-order valence-electron chi connectivity index (χ4n) is 2.89. The fraction of sp³-hybridized carbons (Fsp3) is 0.333. The number of nitrogens with zero attached hydrogens (tertiary/aromatic N) is 2. The van der Waals surface area contributed by atoms with Gasteiger partial charge in [0.15, 0.2) is 0 Å². The molecule has 1 saturated heterocycles. The second kappa shape index (κ2) is 6.88. The first-order chi connectivity index (χ1) is 11.6. The van der Waals surface area contributed by atoms with Crippen LogP contribution >= 0.6 is 0 Å². The topological polar surface area (TPSA) is 71.9 Å². The van der Waals surface area contributed by atoms with E-state index in [1.54, 1.807) is 7.11 Å². The second-order valence-electron chi connectivity index (χ2n) is 5.65. The molecule has 1 aromatic carbocycles. The van der Waals surface area contributed by atoms with Crippen LogP contribution in [0.2, 0.25) is 0 Å². The van der Waals surface area contributed by atoms with Crippen molar-refractivity contribution in [2.45, 2.75) is 6.92 Å². The predicted octanol–water partition coefficient (Wildman–Crippen LogP) is 2.60. The molecule has 0 bridgehead atoms. The summed E-state index contributed by atoms with van der Waals surface area (Å²) in [5.74, 6) is 0.205. The number of hydrogen-bond donors (Lipinski definition) is 1. The molecule has 24 heavy (non-hydrogen) atoms. The normalized spacial score (nSPS) is 14.5. The minimum atomic E-state index is -0.984. The van der Waals surface area contributed by atoms with Crippen molar-refractivity contribution in [3.8, 4) is 16.9 Å². The summed E-state index contributed by atoms with van der Waals surface area (Å²) < 4.78 is 10.6. The maximum Gasteiger partial charge on any atom is 0.340 e.